The van der Waals surface area contributed by atoms with Crippen molar-refractivity contribution in [3.05, 3.63) is 12.2 Å². The minimum Gasteiger partial charge on any atom is -0.480 e. The lowest BCUT2D eigenvalue weighted by Gasteiger charge is -2.31. The lowest BCUT2D eigenvalue weighted by Crippen LogP contribution is -2.37. The molecule has 0 aliphatic carbocycles. The maximum Gasteiger partial charge on any atom is 0.329 e. The van der Waals surface area contributed by atoms with Gasteiger partial charge in [-0.25, -0.2) is 9.78 Å². The molecule has 0 aromatic carbocycles. The summed E-state index contributed by atoms with van der Waals surface area (Å²) in [6.07, 6.45) is 3.35. The van der Waals surface area contributed by atoms with Gasteiger partial charge < -0.3 is 9.84 Å². The fraction of sp³-hybridized carbons (Fsp3) is 0.727. The van der Waals surface area contributed by atoms with E-state index in [2.05, 4.69) is 15.0 Å². The molecular weight excluding hydrogens is 236 g/mol. The summed E-state index contributed by atoms with van der Waals surface area (Å²) in [6, 6.07) is 0. The van der Waals surface area contributed by atoms with E-state index in [4.69, 9.17) is 9.84 Å². The Morgan fingerprint density at radius 2 is 2.28 bits per heavy atom. The van der Waals surface area contributed by atoms with Crippen LogP contribution in [0.1, 0.15) is 18.7 Å². The van der Waals surface area contributed by atoms with E-state index in [-0.39, 0.29) is 12.7 Å². The largest absolute Gasteiger partial charge is 0.480 e. The molecule has 7 nitrogen and oxygen atoms in total. The molecule has 100 valence electrons. The van der Waals surface area contributed by atoms with Crippen LogP contribution in [0.3, 0.4) is 0 Å². The van der Waals surface area contributed by atoms with Crippen LogP contribution in [0, 0.1) is 0 Å². The lowest BCUT2D eigenvalue weighted by molar-refractivity contribution is -0.145. The number of hydrogen-bond acceptors (Lipinski definition) is 5. The van der Waals surface area contributed by atoms with Crippen molar-refractivity contribution >= 4 is 5.97 Å². The zero-order chi connectivity index (χ0) is 13.0. The van der Waals surface area contributed by atoms with E-state index in [9.17, 15) is 4.79 Å². The third-order valence-electron chi connectivity index (χ3n) is 3.15. The number of nitrogens with zero attached hydrogens (tertiary/aromatic N) is 4. The molecule has 0 unspecified atom stereocenters. The monoisotopic (exact) mass is 254 g/mol. The number of carboxylic acid groups (broad SMARTS) is 1. The molecule has 1 aliphatic rings. The molecule has 0 atom stereocenters. The first-order chi connectivity index (χ1) is 8.65. The zero-order valence-corrected chi connectivity index (χ0v) is 10.4. The minimum atomic E-state index is -0.906. The van der Waals surface area contributed by atoms with Crippen LogP contribution in [0.5, 0.6) is 0 Å². The van der Waals surface area contributed by atoms with Crippen molar-refractivity contribution in [2.24, 2.45) is 7.05 Å². The Kier molecular flexibility index (Phi) is 4.27. The fourth-order valence-corrected chi connectivity index (χ4v) is 2.09. The summed E-state index contributed by atoms with van der Waals surface area (Å²) in [4.78, 5) is 16.9. The predicted octanol–water partition coefficient (Wildman–Crippen LogP) is -0.119. The van der Waals surface area contributed by atoms with Crippen LogP contribution in [0.15, 0.2) is 6.33 Å². The van der Waals surface area contributed by atoms with Gasteiger partial charge in [0.15, 0.2) is 0 Å². The number of rotatable bonds is 5. The van der Waals surface area contributed by atoms with Crippen LogP contribution >= 0.6 is 0 Å². The first kappa shape index (κ1) is 13.0. The highest BCUT2D eigenvalue weighted by Gasteiger charge is 2.21. The van der Waals surface area contributed by atoms with Gasteiger partial charge in [-0.15, -0.1) is 0 Å². The number of hydrogen-bond donors (Lipinski definition) is 1. The summed E-state index contributed by atoms with van der Waals surface area (Å²) >= 11 is 0. The Morgan fingerprint density at radius 1 is 1.56 bits per heavy atom. The molecule has 1 aromatic heterocycles. The molecule has 1 N–H and O–H groups in total. The number of carbonyl (C=O) groups is 1. The van der Waals surface area contributed by atoms with Crippen molar-refractivity contribution in [3.8, 4) is 0 Å². The maximum absolute atomic E-state index is 10.4. The van der Waals surface area contributed by atoms with Gasteiger partial charge in [-0.3, -0.25) is 9.58 Å². The molecule has 7 heteroatoms. The van der Waals surface area contributed by atoms with Crippen molar-refractivity contribution in [2.75, 3.05) is 19.7 Å². The van der Waals surface area contributed by atoms with Gasteiger partial charge in [0.25, 0.3) is 0 Å². The third kappa shape index (κ3) is 3.51. The van der Waals surface area contributed by atoms with Crippen molar-refractivity contribution in [1.29, 1.82) is 0 Å². The molecule has 1 aromatic rings. The average Bonchev–Trinajstić information content (AvgIpc) is 2.74. The highest BCUT2D eigenvalue weighted by atomic mass is 16.5. The molecule has 0 saturated carbocycles. The molecular formula is C11H18N4O3. The van der Waals surface area contributed by atoms with Gasteiger partial charge in [0.05, 0.1) is 12.6 Å². The van der Waals surface area contributed by atoms with Crippen LogP contribution in [-0.4, -0.2) is 56.5 Å². The highest BCUT2D eigenvalue weighted by molar-refractivity contribution is 5.68. The number of carboxylic acids is 1. The van der Waals surface area contributed by atoms with Gasteiger partial charge in [-0.1, -0.05) is 0 Å². The highest BCUT2D eigenvalue weighted by Crippen LogP contribution is 2.15. The maximum atomic E-state index is 10.4. The molecule has 2 rings (SSSR count). The Labute approximate surface area is 105 Å². The standard InChI is InChI=1S/C11H18N4O3/c1-14-10(12-8-13-14)6-15-4-2-9(3-5-15)18-7-11(16)17/h8-9H,2-7H2,1H3,(H,16,17). The number of aromatic nitrogens is 3. The second kappa shape index (κ2) is 5.92. The van der Waals surface area contributed by atoms with E-state index in [1.165, 1.54) is 0 Å². The Bertz CT molecular complexity index is 399. The summed E-state index contributed by atoms with van der Waals surface area (Å²) < 4.78 is 7.06. The van der Waals surface area contributed by atoms with Gasteiger partial charge in [0.1, 0.15) is 18.8 Å². The molecule has 1 fully saturated rings. The first-order valence-corrected chi connectivity index (χ1v) is 6.04. The van der Waals surface area contributed by atoms with Crippen LogP contribution in [0.2, 0.25) is 0 Å². The van der Waals surface area contributed by atoms with Crippen molar-refractivity contribution in [2.45, 2.75) is 25.5 Å². The van der Waals surface area contributed by atoms with Gasteiger partial charge in [0, 0.05) is 20.1 Å². The minimum absolute atomic E-state index is 0.0665. The number of aryl methyl sites for hydroxylation is 1. The first-order valence-electron chi connectivity index (χ1n) is 6.04. The Morgan fingerprint density at radius 3 is 2.83 bits per heavy atom. The summed E-state index contributed by atoms with van der Waals surface area (Å²) in [5.41, 5.74) is 0. The predicted molar refractivity (Wildman–Crippen MR) is 62.9 cm³/mol. The third-order valence-corrected chi connectivity index (χ3v) is 3.15. The molecule has 1 aliphatic heterocycles. The molecule has 0 spiro atoms. The summed E-state index contributed by atoms with van der Waals surface area (Å²) in [7, 11) is 1.88. The molecule has 0 amide bonds. The molecule has 0 radical (unpaired) electrons. The van der Waals surface area contributed by atoms with Gasteiger partial charge in [0.2, 0.25) is 0 Å². The number of likely N-dealkylation sites (tertiary alicyclic amines) is 1. The van der Waals surface area contributed by atoms with Crippen LogP contribution in [0.25, 0.3) is 0 Å². The topological polar surface area (TPSA) is 80.5 Å². The van der Waals surface area contributed by atoms with Crippen molar-refractivity contribution < 1.29 is 14.6 Å². The summed E-state index contributed by atoms with van der Waals surface area (Å²) in [5, 5.41) is 12.6. The van der Waals surface area contributed by atoms with E-state index in [1.54, 1.807) is 11.0 Å². The second-order valence-corrected chi connectivity index (χ2v) is 4.48. The SMILES string of the molecule is Cn1ncnc1CN1CCC(OCC(=O)O)CC1. The van der Waals surface area contributed by atoms with Crippen molar-refractivity contribution in [3.63, 3.8) is 0 Å². The summed E-state index contributed by atoms with van der Waals surface area (Å²) in [5.74, 6) is 0.0384. The molecule has 0 bridgehead atoms. The normalized spacial score (nSPS) is 18.1. The Hall–Kier alpha value is -1.47. The fourth-order valence-electron chi connectivity index (χ4n) is 2.09. The second-order valence-electron chi connectivity index (χ2n) is 4.48. The van der Waals surface area contributed by atoms with E-state index in [0.717, 1.165) is 38.3 Å². The average molecular weight is 254 g/mol. The molecule has 18 heavy (non-hydrogen) atoms. The summed E-state index contributed by atoms with van der Waals surface area (Å²) in [6.45, 7) is 2.38. The molecule has 2 heterocycles. The van der Waals surface area contributed by atoms with Gasteiger partial charge >= 0.3 is 5.97 Å². The number of piperidine rings is 1. The van der Waals surface area contributed by atoms with E-state index < -0.39 is 5.97 Å². The number of ether oxygens (including phenoxy) is 1. The van der Waals surface area contributed by atoms with Crippen LogP contribution in [0.4, 0.5) is 0 Å². The lowest BCUT2D eigenvalue weighted by atomic mass is 10.1. The van der Waals surface area contributed by atoms with Crippen LogP contribution < -0.4 is 0 Å². The molecule has 1 saturated heterocycles. The zero-order valence-electron chi connectivity index (χ0n) is 10.4. The van der Waals surface area contributed by atoms with Crippen molar-refractivity contribution in [1.82, 2.24) is 19.7 Å². The van der Waals surface area contributed by atoms with Crippen LogP contribution in [-0.2, 0) is 23.1 Å². The number of aliphatic carboxylic acids is 1. The van der Waals surface area contributed by atoms with Gasteiger partial charge in [-0.2, -0.15) is 5.10 Å². The van der Waals surface area contributed by atoms with E-state index >= 15 is 0 Å². The smallest absolute Gasteiger partial charge is 0.329 e. The quantitative estimate of drug-likeness (QED) is 0.789. The van der Waals surface area contributed by atoms with E-state index in [0.29, 0.717) is 0 Å². The van der Waals surface area contributed by atoms with Gasteiger partial charge in [-0.05, 0) is 12.8 Å². The Balaban J connectivity index is 1.73. The van der Waals surface area contributed by atoms with E-state index in [1.807, 2.05) is 7.05 Å².